The standard InChI is InChI=1S/C15H13N3O2/c1-20-14-7-6-10(8-12(14)17)15(19)18-13-5-3-2-4-11(13)9-16/h2-8H,17H2,1H3,(H,18,19). The van der Waals surface area contributed by atoms with Crippen molar-refractivity contribution in [3.8, 4) is 11.8 Å². The normalized spacial score (nSPS) is 9.60. The van der Waals surface area contributed by atoms with Crippen LogP contribution in [0.3, 0.4) is 0 Å². The van der Waals surface area contributed by atoms with Crippen LogP contribution in [-0.2, 0) is 0 Å². The van der Waals surface area contributed by atoms with E-state index in [9.17, 15) is 4.79 Å². The van der Waals surface area contributed by atoms with E-state index in [1.165, 1.54) is 13.2 Å². The first-order valence-electron chi connectivity index (χ1n) is 5.89. The van der Waals surface area contributed by atoms with Gasteiger partial charge in [-0.3, -0.25) is 4.79 Å². The molecule has 2 aromatic rings. The fourth-order valence-electron chi connectivity index (χ4n) is 1.76. The van der Waals surface area contributed by atoms with Crippen LogP contribution in [0.1, 0.15) is 15.9 Å². The molecule has 2 aromatic carbocycles. The van der Waals surface area contributed by atoms with Crippen LogP contribution in [0.5, 0.6) is 5.75 Å². The van der Waals surface area contributed by atoms with Gasteiger partial charge in [-0.2, -0.15) is 5.26 Å². The highest BCUT2D eigenvalue weighted by Gasteiger charge is 2.10. The zero-order chi connectivity index (χ0) is 14.5. The molecule has 0 radical (unpaired) electrons. The van der Waals surface area contributed by atoms with Gasteiger partial charge in [0.05, 0.1) is 24.0 Å². The Morgan fingerprint density at radius 2 is 2.05 bits per heavy atom. The van der Waals surface area contributed by atoms with Crippen molar-refractivity contribution in [3.05, 3.63) is 53.6 Å². The van der Waals surface area contributed by atoms with Crippen molar-refractivity contribution in [2.75, 3.05) is 18.2 Å². The minimum atomic E-state index is -0.331. The smallest absolute Gasteiger partial charge is 0.255 e. The number of hydrogen-bond donors (Lipinski definition) is 2. The van der Waals surface area contributed by atoms with E-state index in [-0.39, 0.29) is 5.91 Å². The molecular weight excluding hydrogens is 254 g/mol. The summed E-state index contributed by atoms with van der Waals surface area (Å²) in [5.74, 6) is 0.182. The van der Waals surface area contributed by atoms with Crippen molar-refractivity contribution in [1.82, 2.24) is 0 Å². The monoisotopic (exact) mass is 267 g/mol. The molecule has 0 aliphatic heterocycles. The second-order valence-corrected chi connectivity index (χ2v) is 4.07. The van der Waals surface area contributed by atoms with Gasteiger partial charge in [0.2, 0.25) is 0 Å². The van der Waals surface area contributed by atoms with Gasteiger partial charge in [-0.15, -0.1) is 0 Å². The number of amides is 1. The van der Waals surface area contributed by atoms with Gasteiger partial charge in [-0.25, -0.2) is 0 Å². The number of methoxy groups -OCH3 is 1. The Balaban J connectivity index is 2.25. The zero-order valence-corrected chi connectivity index (χ0v) is 10.9. The third-order valence-electron chi connectivity index (χ3n) is 2.79. The molecule has 1 amide bonds. The summed E-state index contributed by atoms with van der Waals surface area (Å²) in [7, 11) is 1.51. The third-order valence-corrected chi connectivity index (χ3v) is 2.79. The highest BCUT2D eigenvalue weighted by molar-refractivity contribution is 6.05. The van der Waals surface area contributed by atoms with Crippen LogP contribution in [0.4, 0.5) is 11.4 Å². The van der Waals surface area contributed by atoms with E-state index >= 15 is 0 Å². The molecule has 0 aliphatic rings. The fraction of sp³-hybridized carbons (Fsp3) is 0.0667. The van der Waals surface area contributed by atoms with E-state index in [1.807, 2.05) is 6.07 Å². The average Bonchev–Trinajstić information content (AvgIpc) is 2.47. The Kier molecular flexibility index (Phi) is 3.87. The summed E-state index contributed by atoms with van der Waals surface area (Å²) in [6.45, 7) is 0. The van der Waals surface area contributed by atoms with Crippen molar-refractivity contribution in [1.29, 1.82) is 5.26 Å². The van der Waals surface area contributed by atoms with Crippen molar-refractivity contribution in [2.45, 2.75) is 0 Å². The molecule has 0 heterocycles. The summed E-state index contributed by atoms with van der Waals surface area (Å²) in [6, 6.07) is 13.6. The number of nitriles is 1. The number of nitrogen functional groups attached to an aromatic ring is 1. The molecule has 0 bridgehead atoms. The Bertz CT molecular complexity index is 690. The zero-order valence-electron chi connectivity index (χ0n) is 10.9. The van der Waals surface area contributed by atoms with Gasteiger partial charge in [0.25, 0.3) is 5.91 Å². The molecule has 0 saturated heterocycles. The molecule has 0 aliphatic carbocycles. The Labute approximate surface area is 116 Å². The van der Waals surface area contributed by atoms with Crippen LogP contribution in [0.15, 0.2) is 42.5 Å². The number of ether oxygens (including phenoxy) is 1. The van der Waals surface area contributed by atoms with Gasteiger partial charge in [0, 0.05) is 5.56 Å². The number of rotatable bonds is 3. The number of nitrogens with zero attached hydrogens (tertiary/aromatic N) is 1. The van der Waals surface area contributed by atoms with Crippen LogP contribution in [0.25, 0.3) is 0 Å². The van der Waals surface area contributed by atoms with Crippen LogP contribution >= 0.6 is 0 Å². The predicted molar refractivity (Wildman–Crippen MR) is 76.5 cm³/mol. The van der Waals surface area contributed by atoms with Crippen molar-refractivity contribution in [2.24, 2.45) is 0 Å². The molecule has 0 fully saturated rings. The van der Waals surface area contributed by atoms with Gasteiger partial charge < -0.3 is 15.8 Å². The second kappa shape index (κ2) is 5.76. The van der Waals surface area contributed by atoms with Gasteiger partial charge in [0.1, 0.15) is 11.8 Å². The third kappa shape index (κ3) is 2.70. The number of nitrogens with two attached hydrogens (primary N) is 1. The maximum atomic E-state index is 12.1. The Hall–Kier alpha value is -3.00. The fourth-order valence-corrected chi connectivity index (χ4v) is 1.76. The van der Waals surface area contributed by atoms with Crippen molar-refractivity contribution >= 4 is 17.3 Å². The average molecular weight is 267 g/mol. The maximum absolute atomic E-state index is 12.1. The summed E-state index contributed by atoms with van der Waals surface area (Å²) in [5, 5.41) is 11.7. The Morgan fingerprint density at radius 3 is 2.70 bits per heavy atom. The molecule has 3 N–H and O–H groups in total. The molecule has 100 valence electrons. The summed E-state index contributed by atoms with van der Waals surface area (Å²) >= 11 is 0. The van der Waals surface area contributed by atoms with Crippen LogP contribution in [0.2, 0.25) is 0 Å². The highest BCUT2D eigenvalue weighted by Crippen LogP contribution is 2.23. The molecule has 0 atom stereocenters. The highest BCUT2D eigenvalue weighted by atomic mass is 16.5. The lowest BCUT2D eigenvalue weighted by Gasteiger charge is -2.09. The molecular formula is C15H13N3O2. The molecule has 20 heavy (non-hydrogen) atoms. The van der Waals surface area contributed by atoms with E-state index in [2.05, 4.69) is 5.32 Å². The molecule has 5 nitrogen and oxygen atoms in total. The first kappa shape index (κ1) is 13.4. The number of carbonyl (C=O) groups excluding carboxylic acids is 1. The van der Waals surface area contributed by atoms with E-state index in [0.29, 0.717) is 28.3 Å². The molecule has 0 spiro atoms. The Morgan fingerprint density at radius 1 is 1.30 bits per heavy atom. The van der Waals surface area contributed by atoms with Crippen LogP contribution < -0.4 is 15.8 Å². The summed E-state index contributed by atoms with van der Waals surface area (Å²) in [4.78, 5) is 12.1. The minimum Gasteiger partial charge on any atom is -0.495 e. The van der Waals surface area contributed by atoms with Gasteiger partial charge in [-0.05, 0) is 30.3 Å². The SMILES string of the molecule is COc1ccc(C(=O)Nc2ccccc2C#N)cc1N. The lowest BCUT2D eigenvalue weighted by Crippen LogP contribution is -2.13. The minimum absolute atomic E-state index is 0.331. The molecule has 5 heteroatoms. The van der Waals surface area contributed by atoms with Gasteiger partial charge >= 0.3 is 0 Å². The van der Waals surface area contributed by atoms with Gasteiger partial charge in [0.15, 0.2) is 0 Å². The number of carbonyl (C=O) groups is 1. The van der Waals surface area contributed by atoms with E-state index in [4.69, 9.17) is 15.7 Å². The van der Waals surface area contributed by atoms with Crippen LogP contribution in [-0.4, -0.2) is 13.0 Å². The molecule has 0 saturated carbocycles. The van der Waals surface area contributed by atoms with Crippen molar-refractivity contribution < 1.29 is 9.53 Å². The first-order valence-corrected chi connectivity index (χ1v) is 5.89. The summed E-state index contributed by atoms with van der Waals surface area (Å²) < 4.78 is 5.03. The van der Waals surface area contributed by atoms with E-state index in [1.54, 1.807) is 36.4 Å². The van der Waals surface area contributed by atoms with Gasteiger partial charge in [-0.1, -0.05) is 12.1 Å². The second-order valence-electron chi connectivity index (χ2n) is 4.07. The number of benzene rings is 2. The molecule has 2 rings (SSSR count). The van der Waals surface area contributed by atoms with E-state index < -0.39 is 0 Å². The maximum Gasteiger partial charge on any atom is 0.255 e. The molecule has 0 aromatic heterocycles. The predicted octanol–water partition coefficient (Wildman–Crippen LogP) is 2.40. The largest absolute Gasteiger partial charge is 0.495 e. The van der Waals surface area contributed by atoms with E-state index in [0.717, 1.165) is 0 Å². The topological polar surface area (TPSA) is 88.1 Å². The summed E-state index contributed by atoms with van der Waals surface area (Å²) in [5.41, 5.74) is 7.42. The number of para-hydroxylation sites is 1. The quantitative estimate of drug-likeness (QED) is 0.836. The van der Waals surface area contributed by atoms with Crippen LogP contribution in [0, 0.1) is 11.3 Å². The first-order chi connectivity index (χ1) is 9.65. The number of anilines is 2. The lowest BCUT2D eigenvalue weighted by molar-refractivity contribution is 0.102. The lowest BCUT2D eigenvalue weighted by atomic mass is 10.1. The summed E-state index contributed by atoms with van der Waals surface area (Å²) in [6.07, 6.45) is 0. The van der Waals surface area contributed by atoms with Crippen molar-refractivity contribution in [3.63, 3.8) is 0 Å². The molecule has 0 unspecified atom stereocenters. The number of hydrogen-bond acceptors (Lipinski definition) is 4. The number of nitrogens with one attached hydrogen (secondary N) is 1.